The average molecular weight is 295 g/mol. The van der Waals surface area contributed by atoms with Crippen molar-refractivity contribution in [3.8, 4) is 0 Å². The maximum absolute atomic E-state index is 11.7. The van der Waals surface area contributed by atoms with E-state index in [1.165, 1.54) is 12.1 Å². The molecule has 18 heavy (non-hydrogen) atoms. The van der Waals surface area contributed by atoms with Gasteiger partial charge in [-0.3, -0.25) is 4.79 Å². The molecule has 5 heteroatoms. The van der Waals surface area contributed by atoms with E-state index in [0.717, 1.165) is 32.6 Å². The summed E-state index contributed by atoms with van der Waals surface area (Å²) in [6.07, 6.45) is 4.78. The van der Waals surface area contributed by atoms with Crippen molar-refractivity contribution in [2.75, 3.05) is 26.2 Å². The van der Waals surface area contributed by atoms with Gasteiger partial charge in [-0.2, -0.15) is 0 Å². The number of nitrogens with one attached hydrogen (secondary N) is 1. The molecule has 1 aliphatic heterocycles. The van der Waals surface area contributed by atoms with Gasteiger partial charge in [-0.05, 0) is 24.8 Å². The highest BCUT2D eigenvalue weighted by molar-refractivity contribution is 5.91. The van der Waals surface area contributed by atoms with Crippen molar-refractivity contribution in [3.63, 3.8) is 0 Å². The lowest BCUT2D eigenvalue weighted by atomic mass is 9.78. The minimum atomic E-state index is 0. The van der Waals surface area contributed by atoms with Crippen LogP contribution >= 0.6 is 24.8 Å². The van der Waals surface area contributed by atoms with Gasteiger partial charge >= 0.3 is 0 Å². The van der Waals surface area contributed by atoms with Gasteiger partial charge in [-0.15, -0.1) is 24.8 Å². The first-order valence-corrected chi connectivity index (χ1v) is 6.26. The van der Waals surface area contributed by atoms with E-state index in [-0.39, 0.29) is 30.2 Å². The first-order valence-electron chi connectivity index (χ1n) is 6.26. The van der Waals surface area contributed by atoms with Crippen molar-refractivity contribution >= 4 is 30.6 Å². The number of halogens is 2. The Labute approximate surface area is 122 Å². The van der Waals surface area contributed by atoms with E-state index in [9.17, 15) is 4.79 Å². The molecule has 0 saturated carbocycles. The minimum Gasteiger partial charge on any atom is -0.373 e. The molecule has 2 rings (SSSR count). The van der Waals surface area contributed by atoms with E-state index >= 15 is 0 Å². The van der Waals surface area contributed by atoms with Gasteiger partial charge in [-0.25, -0.2) is 0 Å². The monoisotopic (exact) mass is 294 g/mol. The number of carbonyl (C=O) groups is 1. The van der Waals surface area contributed by atoms with Crippen LogP contribution in [0.15, 0.2) is 11.8 Å². The molecule has 0 spiro atoms. The molecule has 3 nitrogen and oxygen atoms in total. The molecular formula is C13H24Cl2N2O. The Morgan fingerprint density at radius 3 is 2.56 bits per heavy atom. The fourth-order valence-corrected chi connectivity index (χ4v) is 2.65. The van der Waals surface area contributed by atoms with Crippen LogP contribution in [0, 0.1) is 5.41 Å². The molecule has 0 aromatic heterocycles. The van der Waals surface area contributed by atoms with E-state index < -0.39 is 0 Å². The molecule has 1 heterocycles. The average Bonchev–Trinajstić information content (AvgIpc) is 2.42. The normalized spacial score (nSPS) is 23.3. The zero-order valence-corrected chi connectivity index (χ0v) is 12.8. The maximum Gasteiger partial charge on any atom is 0.157 e. The highest BCUT2D eigenvalue weighted by Gasteiger charge is 2.29. The zero-order valence-electron chi connectivity index (χ0n) is 11.2. The Balaban J connectivity index is 0.00000144. The molecule has 0 unspecified atom stereocenters. The lowest BCUT2D eigenvalue weighted by Gasteiger charge is -2.35. The first-order chi connectivity index (χ1) is 7.57. The Morgan fingerprint density at radius 2 is 1.89 bits per heavy atom. The highest BCUT2D eigenvalue weighted by atomic mass is 35.5. The number of carbonyl (C=O) groups excluding carboxylic acids is 1. The van der Waals surface area contributed by atoms with Gasteiger partial charge in [0.15, 0.2) is 5.78 Å². The Bertz CT molecular complexity index is 308. The second-order valence-corrected chi connectivity index (χ2v) is 5.71. The fraction of sp³-hybridized carbons (Fsp3) is 0.769. The van der Waals surface area contributed by atoms with Gasteiger partial charge in [0.05, 0.1) is 0 Å². The van der Waals surface area contributed by atoms with E-state index in [1.54, 1.807) is 0 Å². The van der Waals surface area contributed by atoms with Crippen molar-refractivity contribution in [1.29, 1.82) is 0 Å². The fourth-order valence-electron chi connectivity index (χ4n) is 2.65. The number of allylic oxidation sites excluding steroid dienone is 2. The summed E-state index contributed by atoms with van der Waals surface area (Å²) in [4.78, 5) is 14.1. The third-order valence-electron chi connectivity index (χ3n) is 3.39. The summed E-state index contributed by atoms with van der Waals surface area (Å²) >= 11 is 0. The maximum atomic E-state index is 11.7. The summed E-state index contributed by atoms with van der Waals surface area (Å²) in [6, 6.07) is 0. The van der Waals surface area contributed by atoms with Crippen LogP contribution in [0.4, 0.5) is 0 Å². The van der Waals surface area contributed by atoms with Gasteiger partial charge in [0, 0.05) is 37.8 Å². The minimum absolute atomic E-state index is 0. The van der Waals surface area contributed by atoms with Gasteiger partial charge in [-0.1, -0.05) is 13.8 Å². The third kappa shape index (κ3) is 4.79. The van der Waals surface area contributed by atoms with Crippen molar-refractivity contribution < 1.29 is 4.79 Å². The summed E-state index contributed by atoms with van der Waals surface area (Å²) in [5.41, 5.74) is 1.39. The van der Waals surface area contributed by atoms with Gasteiger partial charge in [0.2, 0.25) is 0 Å². The number of ketones is 1. The van der Waals surface area contributed by atoms with Crippen molar-refractivity contribution in [3.05, 3.63) is 11.8 Å². The summed E-state index contributed by atoms with van der Waals surface area (Å²) in [6.45, 7) is 8.63. The quantitative estimate of drug-likeness (QED) is 0.806. The Kier molecular flexibility index (Phi) is 7.26. The van der Waals surface area contributed by atoms with Crippen LogP contribution in [0.25, 0.3) is 0 Å². The lowest BCUT2D eigenvalue weighted by Crippen LogP contribution is -2.33. The highest BCUT2D eigenvalue weighted by Crippen LogP contribution is 2.34. The summed E-state index contributed by atoms with van der Waals surface area (Å²) in [5.74, 6) is 0.295. The molecule has 0 atom stereocenters. The Hall–Kier alpha value is -0.250. The van der Waals surface area contributed by atoms with Crippen LogP contribution < -0.4 is 5.32 Å². The van der Waals surface area contributed by atoms with Crippen LogP contribution in [-0.2, 0) is 4.79 Å². The van der Waals surface area contributed by atoms with Crippen LogP contribution in [0.3, 0.4) is 0 Å². The molecule has 1 saturated heterocycles. The van der Waals surface area contributed by atoms with E-state index in [2.05, 4.69) is 24.1 Å². The van der Waals surface area contributed by atoms with Crippen LogP contribution in [0.2, 0.25) is 0 Å². The standard InChI is InChI=1S/C13H22N2O.2ClH/c1-13(2)9-11(8-12(16)10-13)15-6-3-4-14-5-7-15;;/h8,14H,3-7,9-10H2,1-2H3;2*1H. The second-order valence-electron chi connectivity index (χ2n) is 5.71. The van der Waals surface area contributed by atoms with Crippen molar-refractivity contribution in [1.82, 2.24) is 10.2 Å². The molecule has 106 valence electrons. The number of hydrogen-bond donors (Lipinski definition) is 1. The predicted molar refractivity (Wildman–Crippen MR) is 79.7 cm³/mol. The molecule has 0 bridgehead atoms. The van der Waals surface area contributed by atoms with Crippen LogP contribution in [0.1, 0.15) is 33.1 Å². The van der Waals surface area contributed by atoms with Crippen LogP contribution in [-0.4, -0.2) is 36.9 Å². The van der Waals surface area contributed by atoms with E-state index in [0.29, 0.717) is 12.2 Å². The Morgan fingerprint density at radius 1 is 1.17 bits per heavy atom. The first kappa shape index (κ1) is 17.8. The van der Waals surface area contributed by atoms with E-state index in [1.807, 2.05) is 6.08 Å². The van der Waals surface area contributed by atoms with Gasteiger partial charge in [0.1, 0.15) is 0 Å². The molecule has 1 aliphatic carbocycles. The molecule has 1 N–H and O–H groups in total. The summed E-state index contributed by atoms with van der Waals surface area (Å²) in [7, 11) is 0. The molecule has 0 aromatic rings. The molecule has 0 radical (unpaired) electrons. The number of nitrogens with zero attached hydrogens (tertiary/aromatic N) is 1. The van der Waals surface area contributed by atoms with Gasteiger partial charge in [0.25, 0.3) is 0 Å². The smallest absolute Gasteiger partial charge is 0.157 e. The molecular weight excluding hydrogens is 271 g/mol. The van der Waals surface area contributed by atoms with Crippen LogP contribution in [0.5, 0.6) is 0 Å². The lowest BCUT2D eigenvalue weighted by molar-refractivity contribution is -0.117. The summed E-state index contributed by atoms with van der Waals surface area (Å²) < 4.78 is 0. The zero-order chi connectivity index (χ0) is 11.6. The topological polar surface area (TPSA) is 32.3 Å². The van der Waals surface area contributed by atoms with Crippen molar-refractivity contribution in [2.45, 2.75) is 33.1 Å². The van der Waals surface area contributed by atoms with Crippen molar-refractivity contribution in [2.24, 2.45) is 5.41 Å². The molecule has 0 aromatic carbocycles. The third-order valence-corrected chi connectivity index (χ3v) is 3.39. The summed E-state index contributed by atoms with van der Waals surface area (Å²) in [5, 5.41) is 3.39. The number of rotatable bonds is 1. The van der Waals surface area contributed by atoms with E-state index in [4.69, 9.17) is 0 Å². The molecule has 1 fully saturated rings. The SMILES string of the molecule is CC1(C)CC(=O)C=C(N2CCCNCC2)C1.Cl.Cl. The number of hydrogen-bond acceptors (Lipinski definition) is 3. The largest absolute Gasteiger partial charge is 0.373 e. The van der Waals surface area contributed by atoms with Gasteiger partial charge < -0.3 is 10.2 Å². The molecule has 2 aliphatic rings. The predicted octanol–water partition coefficient (Wildman–Crippen LogP) is 2.40. The second kappa shape index (κ2) is 7.37. The molecule has 0 amide bonds.